The first-order valence-corrected chi connectivity index (χ1v) is 9.85. The SMILES string of the molecule is CC1CN(S(=O)(=O)NC2(C(=O)O)CC3(CCCCC3)C2)CCO1. The second-order valence-electron chi connectivity index (χ2n) is 7.45. The molecule has 2 aliphatic carbocycles. The van der Waals surface area contributed by atoms with Crippen molar-refractivity contribution in [3.05, 3.63) is 0 Å². The number of morpholine rings is 1. The molecule has 132 valence electrons. The van der Waals surface area contributed by atoms with Gasteiger partial charge in [0.25, 0.3) is 10.2 Å². The molecule has 1 spiro atoms. The van der Waals surface area contributed by atoms with Gasteiger partial charge in [-0.1, -0.05) is 19.3 Å². The van der Waals surface area contributed by atoms with Crippen LogP contribution in [-0.4, -0.2) is 55.1 Å². The van der Waals surface area contributed by atoms with Crippen molar-refractivity contribution < 1.29 is 23.1 Å². The number of carbonyl (C=O) groups is 1. The third-order valence-corrected chi connectivity index (χ3v) is 7.21. The van der Waals surface area contributed by atoms with Gasteiger partial charge in [0.15, 0.2) is 0 Å². The fourth-order valence-corrected chi connectivity index (χ4v) is 6.04. The highest BCUT2D eigenvalue weighted by Gasteiger charge is 2.60. The third-order valence-electron chi connectivity index (χ3n) is 5.55. The van der Waals surface area contributed by atoms with E-state index in [0.717, 1.165) is 25.7 Å². The molecule has 3 aliphatic rings. The molecule has 0 aromatic heterocycles. The van der Waals surface area contributed by atoms with Crippen LogP contribution in [0.5, 0.6) is 0 Å². The van der Waals surface area contributed by atoms with Gasteiger partial charge >= 0.3 is 5.97 Å². The zero-order valence-corrected chi connectivity index (χ0v) is 14.4. The second-order valence-corrected chi connectivity index (χ2v) is 9.12. The van der Waals surface area contributed by atoms with E-state index in [1.165, 1.54) is 10.7 Å². The molecule has 1 saturated heterocycles. The van der Waals surface area contributed by atoms with E-state index in [-0.39, 0.29) is 24.6 Å². The number of aliphatic carboxylic acids is 1. The van der Waals surface area contributed by atoms with Gasteiger partial charge in [-0.05, 0) is 38.0 Å². The van der Waals surface area contributed by atoms with Gasteiger partial charge in [0, 0.05) is 13.1 Å². The quantitative estimate of drug-likeness (QED) is 0.795. The zero-order chi connectivity index (χ0) is 16.7. The number of carboxylic acid groups (broad SMARTS) is 1. The fourth-order valence-electron chi connectivity index (χ4n) is 4.47. The van der Waals surface area contributed by atoms with E-state index in [4.69, 9.17) is 4.74 Å². The summed E-state index contributed by atoms with van der Waals surface area (Å²) < 4.78 is 34.4. The van der Waals surface area contributed by atoms with Gasteiger partial charge in [-0.2, -0.15) is 17.4 Å². The average molecular weight is 346 g/mol. The maximum absolute atomic E-state index is 12.6. The highest BCUT2D eigenvalue weighted by Crippen LogP contribution is 2.57. The van der Waals surface area contributed by atoms with Gasteiger partial charge in [-0.15, -0.1) is 0 Å². The lowest BCUT2D eigenvalue weighted by Crippen LogP contribution is -2.68. The molecule has 1 heterocycles. The summed E-state index contributed by atoms with van der Waals surface area (Å²) >= 11 is 0. The number of nitrogens with one attached hydrogen (secondary N) is 1. The Morgan fingerprint density at radius 1 is 1.26 bits per heavy atom. The van der Waals surface area contributed by atoms with Gasteiger partial charge < -0.3 is 9.84 Å². The largest absolute Gasteiger partial charge is 0.480 e. The summed E-state index contributed by atoms with van der Waals surface area (Å²) in [5.41, 5.74) is -1.31. The monoisotopic (exact) mass is 346 g/mol. The van der Waals surface area contributed by atoms with Gasteiger partial charge in [-0.3, -0.25) is 4.79 Å². The van der Waals surface area contributed by atoms with E-state index >= 15 is 0 Å². The molecule has 0 amide bonds. The Morgan fingerprint density at radius 3 is 2.48 bits per heavy atom. The summed E-state index contributed by atoms with van der Waals surface area (Å²) in [6.07, 6.45) is 6.10. The number of rotatable bonds is 4. The molecule has 0 bridgehead atoms. The Bertz CT molecular complexity index is 562. The summed E-state index contributed by atoms with van der Waals surface area (Å²) in [4.78, 5) is 11.8. The van der Waals surface area contributed by atoms with Crippen LogP contribution in [0.4, 0.5) is 0 Å². The molecule has 8 heteroatoms. The predicted molar refractivity (Wildman–Crippen MR) is 84.2 cm³/mol. The molecule has 2 N–H and O–H groups in total. The van der Waals surface area contributed by atoms with Crippen LogP contribution in [0.3, 0.4) is 0 Å². The van der Waals surface area contributed by atoms with Crippen molar-refractivity contribution in [1.82, 2.24) is 9.03 Å². The van der Waals surface area contributed by atoms with E-state index in [0.29, 0.717) is 19.4 Å². The summed E-state index contributed by atoms with van der Waals surface area (Å²) in [6, 6.07) is 0. The topological polar surface area (TPSA) is 95.9 Å². The first-order chi connectivity index (χ1) is 10.8. The van der Waals surface area contributed by atoms with E-state index in [9.17, 15) is 18.3 Å². The molecular weight excluding hydrogens is 320 g/mol. The van der Waals surface area contributed by atoms with Crippen molar-refractivity contribution in [2.45, 2.75) is 63.5 Å². The lowest BCUT2D eigenvalue weighted by atomic mass is 9.52. The van der Waals surface area contributed by atoms with E-state index < -0.39 is 21.7 Å². The van der Waals surface area contributed by atoms with Crippen LogP contribution >= 0.6 is 0 Å². The number of nitrogens with zero attached hydrogens (tertiary/aromatic N) is 1. The third kappa shape index (κ3) is 3.26. The van der Waals surface area contributed by atoms with E-state index in [1.54, 1.807) is 0 Å². The number of hydrogen-bond donors (Lipinski definition) is 2. The molecular formula is C15H26N2O5S. The molecule has 7 nitrogen and oxygen atoms in total. The molecule has 3 fully saturated rings. The van der Waals surface area contributed by atoms with Crippen LogP contribution in [0.25, 0.3) is 0 Å². The normalized spacial score (nSPS) is 30.7. The van der Waals surface area contributed by atoms with Crippen molar-refractivity contribution >= 4 is 16.2 Å². The van der Waals surface area contributed by atoms with Crippen molar-refractivity contribution in [3.63, 3.8) is 0 Å². The van der Waals surface area contributed by atoms with Crippen LogP contribution in [-0.2, 0) is 19.7 Å². The van der Waals surface area contributed by atoms with E-state index in [2.05, 4.69) is 4.72 Å². The summed E-state index contributed by atoms with van der Waals surface area (Å²) in [5, 5.41) is 9.64. The average Bonchev–Trinajstić information content (AvgIpc) is 2.46. The smallest absolute Gasteiger partial charge is 0.324 e. The molecule has 1 atom stereocenters. The number of carboxylic acids is 1. The van der Waals surface area contributed by atoms with Crippen LogP contribution in [0, 0.1) is 5.41 Å². The zero-order valence-electron chi connectivity index (χ0n) is 13.6. The Labute approximate surface area is 137 Å². The Balaban J connectivity index is 1.72. The molecule has 0 aromatic carbocycles. The van der Waals surface area contributed by atoms with Crippen molar-refractivity contribution in [2.24, 2.45) is 5.41 Å². The maximum atomic E-state index is 12.6. The number of hydrogen-bond acceptors (Lipinski definition) is 4. The van der Waals surface area contributed by atoms with Crippen LogP contribution in [0.15, 0.2) is 0 Å². The lowest BCUT2D eigenvalue weighted by Gasteiger charge is -2.56. The van der Waals surface area contributed by atoms with Gasteiger partial charge in [0.05, 0.1) is 12.7 Å². The van der Waals surface area contributed by atoms with E-state index in [1.807, 2.05) is 6.92 Å². The van der Waals surface area contributed by atoms with Crippen LogP contribution in [0.2, 0.25) is 0 Å². The Hall–Kier alpha value is -0.700. The minimum absolute atomic E-state index is 0.0253. The Morgan fingerprint density at radius 2 is 1.91 bits per heavy atom. The highest BCUT2D eigenvalue weighted by atomic mass is 32.2. The molecule has 2 saturated carbocycles. The maximum Gasteiger partial charge on any atom is 0.324 e. The van der Waals surface area contributed by atoms with Crippen molar-refractivity contribution in [2.75, 3.05) is 19.7 Å². The van der Waals surface area contributed by atoms with Crippen LogP contribution in [0.1, 0.15) is 51.9 Å². The first-order valence-electron chi connectivity index (χ1n) is 8.41. The molecule has 1 aliphatic heterocycles. The second kappa shape index (κ2) is 5.98. The fraction of sp³-hybridized carbons (Fsp3) is 0.933. The summed E-state index contributed by atoms with van der Waals surface area (Å²) in [7, 11) is -3.81. The highest BCUT2D eigenvalue weighted by molar-refractivity contribution is 7.87. The summed E-state index contributed by atoms with van der Waals surface area (Å²) in [6.45, 7) is 2.68. The standard InChI is InChI=1S/C15H26N2O5S/c1-12-9-17(7-8-22-12)23(20,21)16-15(13(18)19)10-14(11-15)5-3-2-4-6-14/h12,16H,2-11H2,1H3,(H,18,19). The molecule has 3 rings (SSSR count). The van der Waals surface area contributed by atoms with Gasteiger partial charge in [-0.25, -0.2) is 0 Å². The summed E-state index contributed by atoms with van der Waals surface area (Å²) in [5.74, 6) is -1.06. The minimum Gasteiger partial charge on any atom is -0.480 e. The minimum atomic E-state index is -3.81. The lowest BCUT2D eigenvalue weighted by molar-refractivity contribution is -0.157. The molecule has 0 aromatic rings. The van der Waals surface area contributed by atoms with Gasteiger partial charge in [0.2, 0.25) is 0 Å². The molecule has 0 radical (unpaired) electrons. The predicted octanol–water partition coefficient (Wildman–Crippen LogP) is 1.11. The van der Waals surface area contributed by atoms with Crippen molar-refractivity contribution in [1.29, 1.82) is 0 Å². The van der Waals surface area contributed by atoms with Crippen molar-refractivity contribution in [3.8, 4) is 0 Å². The Kier molecular flexibility index (Phi) is 4.46. The first kappa shape index (κ1) is 17.1. The molecule has 23 heavy (non-hydrogen) atoms. The van der Waals surface area contributed by atoms with Crippen LogP contribution < -0.4 is 4.72 Å². The number of ether oxygens (including phenoxy) is 1. The molecule has 1 unspecified atom stereocenters. The van der Waals surface area contributed by atoms with Gasteiger partial charge in [0.1, 0.15) is 5.54 Å².